The Morgan fingerprint density at radius 1 is 1.38 bits per heavy atom. The molecule has 0 radical (unpaired) electrons. The molecule has 0 aromatic rings. The molecule has 0 unspecified atom stereocenters. The maximum Gasteiger partial charge on any atom is 0.333 e. The molecular formula is C8H12Cl2O5S. The maximum atomic E-state index is 10.6. The van der Waals surface area contributed by atoms with Crippen molar-refractivity contribution in [1.29, 1.82) is 0 Å². The van der Waals surface area contributed by atoms with Gasteiger partial charge in [-0.1, -0.05) is 36.4 Å². The SMILES string of the molecule is C=C(C)C(=O)OCCS(=O)(=O)O.C=C(Cl)Cl. The van der Waals surface area contributed by atoms with Crippen LogP contribution in [0.15, 0.2) is 23.2 Å². The van der Waals surface area contributed by atoms with Crippen molar-refractivity contribution in [3.05, 3.63) is 23.2 Å². The summed E-state index contributed by atoms with van der Waals surface area (Å²) in [4.78, 5) is 10.6. The van der Waals surface area contributed by atoms with Gasteiger partial charge in [0.2, 0.25) is 0 Å². The van der Waals surface area contributed by atoms with Crippen LogP contribution < -0.4 is 0 Å². The largest absolute Gasteiger partial charge is 0.461 e. The molecule has 0 aliphatic carbocycles. The van der Waals surface area contributed by atoms with Crippen LogP contribution in [0.1, 0.15) is 6.92 Å². The third-order valence-corrected chi connectivity index (χ3v) is 1.61. The molecule has 0 aliphatic heterocycles. The molecule has 0 amide bonds. The molecular weight excluding hydrogens is 279 g/mol. The summed E-state index contributed by atoms with van der Waals surface area (Å²) in [6.07, 6.45) is 0. The fourth-order valence-electron chi connectivity index (χ4n) is 0.363. The predicted octanol–water partition coefficient (Wildman–Crippen LogP) is 1.93. The first-order valence-electron chi connectivity index (χ1n) is 3.84. The van der Waals surface area contributed by atoms with Crippen LogP contribution in [-0.2, 0) is 19.6 Å². The minimum Gasteiger partial charge on any atom is -0.461 e. The summed E-state index contributed by atoms with van der Waals surface area (Å²) >= 11 is 9.69. The number of halogens is 2. The monoisotopic (exact) mass is 290 g/mol. The molecule has 0 saturated heterocycles. The molecule has 0 rings (SSSR count). The first kappa shape index (κ1) is 17.8. The Morgan fingerprint density at radius 3 is 2.00 bits per heavy atom. The summed E-state index contributed by atoms with van der Waals surface area (Å²) in [5, 5.41) is 0. The third kappa shape index (κ3) is 19.1. The zero-order valence-corrected chi connectivity index (χ0v) is 10.9. The van der Waals surface area contributed by atoms with E-state index in [0.29, 0.717) is 0 Å². The third-order valence-electron chi connectivity index (χ3n) is 0.923. The highest BCUT2D eigenvalue weighted by Crippen LogP contribution is 1.98. The summed E-state index contributed by atoms with van der Waals surface area (Å²) in [7, 11) is -4.05. The van der Waals surface area contributed by atoms with Gasteiger partial charge < -0.3 is 4.74 Å². The van der Waals surface area contributed by atoms with Crippen LogP contribution in [0.5, 0.6) is 0 Å². The molecule has 0 atom stereocenters. The Bertz CT molecular complexity index is 357. The van der Waals surface area contributed by atoms with Crippen molar-refractivity contribution in [2.75, 3.05) is 12.4 Å². The number of carbonyl (C=O) groups excluding carboxylic acids is 1. The van der Waals surface area contributed by atoms with Crippen LogP contribution in [0.4, 0.5) is 0 Å². The molecule has 0 aromatic carbocycles. The lowest BCUT2D eigenvalue weighted by Gasteiger charge is -2.01. The van der Waals surface area contributed by atoms with Crippen LogP contribution in [0.2, 0.25) is 0 Å². The van der Waals surface area contributed by atoms with E-state index in [1.165, 1.54) is 6.92 Å². The Balaban J connectivity index is 0. The summed E-state index contributed by atoms with van der Waals surface area (Å²) < 4.78 is 33.0. The molecule has 1 N–H and O–H groups in total. The molecule has 5 nitrogen and oxygen atoms in total. The second kappa shape index (κ2) is 8.58. The highest BCUT2D eigenvalue weighted by molar-refractivity contribution is 7.85. The van der Waals surface area contributed by atoms with Gasteiger partial charge in [0.05, 0.1) is 4.49 Å². The van der Waals surface area contributed by atoms with Gasteiger partial charge in [-0.3, -0.25) is 4.55 Å². The number of hydrogen-bond donors (Lipinski definition) is 1. The van der Waals surface area contributed by atoms with E-state index in [9.17, 15) is 13.2 Å². The first-order valence-corrected chi connectivity index (χ1v) is 6.20. The van der Waals surface area contributed by atoms with E-state index >= 15 is 0 Å². The summed E-state index contributed by atoms with van der Waals surface area (Å²) in [6.45, 7) is 7.45. The maximum absolute atomic E-state index is 10.6. The normalized spacial score (nSPS) is 9.75. The number of esters is 1. The molecule has 0 fully saturated rings. The number of ether oxygens (including phenoxy) is 1. The molecule has 16 heavy (non-hydrogen) atoms. The van der Waals surface area contributed by atoms with E-state index in [1.54, 1.807) is 0 Å². The van der Waals surface area contributed by atoms with Crippen LogP contribution in [0.3, 0.4) is 0 Å². The number of rotatable bonds is 4. The van der Waals surface area contributed by atoms with E-state index in [4.69, 9.17) is 27.8 Å². The molecule has 0 spiro atoms. The van der Waals surface area contributed by atoms with Crippen LogP contribution >= 0.6 is 23.2 Å². The average Bonchev–Trinajstić information content (AvgIpc) is 2.00. The van der Waals surface area contributed by atoms with E-state index in [-0.39, 0.29) is 16.7 Å². The van der Waals surface area contributed by atoms with E-state index < -0.39 is 21.8 Å². The summed E-state index contributed by atoms with van der Waals surface area (Å²) in [5.41, 5.74) is 0.185. The van der Waals surface area contributed by atoms with Gasteiger partial charge in [0.25, 0.3) is 10.1 Å². The molecule has 0 aliphatic rings. The van der Waals surface area contributed by atoms with Gasteiger partial charge in [-0.15, -0.1) is 0 Å². The minimum absolute atomic E-state index is 0.111. The van der Waals surface area contributed by atoms with Gasteiger partial charge in [-0.2, -0.15) is 8.42 Å². The molecule has 0 bridgehead atoms. The van der Waals surface area contributed by atoms with Gasteiger partial charge in [0, 0.05) is 5.57 Å². The summed E-state index contributed by atoms with van der Waals surface area (Å²) in [6, 6.07) is 0. The Hall–Kier alpha value is -0.560. The second-order valence-electron chi connectivity index (χ2n) is 2.54. The molecule has 8 heteroatoms. The predicted molar refractivity (Wildman–Crippen MR) is 63.0 cm³/mol. The zero-order chi connectivity index (χ0) is 13.4. The average molecular weight is 291 g/mol. The Morgan fingerprint density at radius 2 is 1.75 bits per heavy atom. The Kier molecular flexibility index (Phi) is 9.55. The van der Waals surface area contributed by atoms with Crippen molar-refractivity contribution in [2.45, 2.75) is 6.92 Å². The zero-order valence-electron chi connectivity index (χ0n) is 8.57. The number of carbonyl (C=O) groups is 1. The van der Waals surface area contributed by atoms with Gasteiger partial charge in [-0.05, 0) is 6.92 Å². The highest BCUT2D eigenvalue weighted by Gasteiger charge is 2.07. The van der Waals surface area contributed by atoms with Gasteiger partial charge in [-0.25, -0.2) is 4.79 Å². The van der Waals surface area contributed by atoms with Crippen LogP contribution in [-0.4, -0.2) is 31.3 Å². The van der Waals surface area contributed by atoms with E-state index in [1.807, 2.05) is 0 Å². The van der Waals surface area contributed by atoms with Gasteiger partial charge in [0.1, 0.15) is 12.4 Å². The summed E-state index contributed by atoms with van der Waals surface area (Å²) in [5.74, 6) is -1.26. The van der Waals surface area contributed by atoms with Crippen molar-refractivity contribution in [1.82, 2.24) is 0 Å². The smallest absolute Gasteiger partial charge is 0.333 e. The minimum atomic E-state index is -4.05. The molecule has 0 saturated carbocycles. The molecule has 0 aromatic heterocycles. The van der Waals surface area contributed by atoms with Crippen molar-refractivity contribution in [3.8, 4) is 0 Å². The second-order valence-corrected chi connectivity index (χ2v) is 5.22. The Labute approximate surface area is 104 Å². The standard InChI is InChI=1S/C6H10O5S.C2H2Cl2/c1-5(2)6(7)11-3-4-12(8,9)10;1-2(3)4/h1,3-4H2,2H3,(H,8,9,10);1H2. The van der Waals surface area contributed by atoms with Crippen molar-refractivity contribution < 1.29 is 22.5 Å². The van der Waals surface area contributed by atoms with Crippen LogP contribution in [0, 0.1) is 0 Å². The lowest BCUT2D eigenvalue weighted by atomic mass is 10.4. The fourth-order valence-corrected chi connectivity index (χ4v) is 0.657. The topological polar surface area (TPSA) is 80.7 Å². The van der Waals surface area contributed by atoms with Gasteiger partial charge in [0.15, 0.2) is 0 Å². The lowest BCUT2D eigenvalue weighted by Crippen LogP contribution is -2.14. The van der Waals surface area contributed by atoms with Gasteiger partial charge >= 0.3 is 5.97 Å². The van der Waals surface area contributed by atoms with Crippen LogP contribution in [0.25, 0.3) is 0 Å². The molecule has 0 heterocycles. The highest BCUT2D eigenvalue weighted by atomic mass is 35.5. The lowest BCUT2D eigenvalue weighted by molar-refractivity contribution is -0.138. The quantitative estimate of drug-likeness (QED) is 0.486. The molecule has 94 valence electrons. The van der Waals surface area contributed by atoms with E-state index in [2.05, 4.69) is 17.9 Å². The van der Waals surface area contributed by atoms with Crippen molar-refractivity contribution in [3.63, 3.8) is 0 Å². The number of hydrogen-bond acceptors (Lipinski definition) is 4. The first-order chi connectivity index (χ1) is 7.06. The fraction of sp³-hybridized carbons (Fsp3) is 0.375. The van der Waals surface area contributed by atoms with Crippen molar-refractivity contribution >= 4 is 39.3 Å². The van der Waals surface area contributed by atoms with Crippen molar-refractivity contribution in [2.24, 2.45) is 0 Å². The van der Waals surface area contributed by atoms with E-state index in [0.717, 1.165) is 0 Å².